The number of rotatable bonds is 5. The fraction of sp³-hybridized carbons (Fsp3) is 0.857. The molecule has 0 saturated carbocycles. The Morgan fingerprint density at radius 2 is 2.27 bits per heavy atom. The van der Waals surface area contributed by atoms with Gasteiger partial charge in [0, 0.05) is 33.0 Å². The molecular formula is C7H14ClNO2. The number of methoxy groups -OCH3 is 1. The number of halogens is 1. The molecule has 0 aliphatic rings. The summed E-state index contributed by atoms with van der Waals surface area (Å²) in [5, 5.41) is 0. The molecule has 0 rings (SSSR count). The van der Waals surface area contributed by atoms with Crippen LogP contribution in [-0.2, 0) is 9.53 Å². The second-order valence-corrected chi connectivity index (χ2v) is 2.63. The number of likely N-dealkylation sites (N-methyl/N-ethyl adjacent to an activating group) is 1. The number of carbonyl (C=O) groups is 1. The molecular weight excluding hydrogens is 166 g/mol. The van der Waals surface area contributed by atoms with Crippen LogP contribution in [0.3, 0.4) is 0 Å². The Labute approximate surface area is 72.3 Å². The first-order valence-corrected chi connectivity index (χ1v) is 4.04. The van der Waals surface area contributed by atoms with E-state index in [2.05, 4.69) is 0 Å². The van der Waals surface area contributed by atoms with Crippen LogP contribution >= 0.6 is 11.6 Å². The van der Waals surface area contributed by atoms with Gasteiger partial charge >= 0.3 is 0 Å². The van der Waals surface area contributed by atoms with Gasteiger partial charge in [-0.2, -0.15) is 0 Å². The fourth-order valence-electron chi connectivity index (χ4n) is 0.625. The van der Waals surface area contributed by atoms with E-state index in [1.807, 2.05) is 0 Å². The maximum absolute atomic E-state index is 11.0. The second kappa shape index (κ2) is 6.43. The van der Waals surface area contributed by atoms with Crippen LogP contribution in [0.5, 0.6) is 0 Å². The first kappa shape index (κ1) is 10.7. The van der Waals surface area contributed by atoms with E-state index in [0.717, 1.165) is 0 Å². The van der Waals surface area contributed by atoms with E-state index < -0.39 is 0 Å². The number of carbonyl (C=O) groups excluding carboxylic acids is 1. The summed E-state index contributed by atoms with van der Waals surface area (Å²) in [4.78, 5) is 12.7. The molecule has 3 nitrogen and oxygen atoms in total. The SMILES string of the molecule is COCCN(C)C(=O)CCCl. The predicted molar refractivity (Wildman–Crippen MR) is 44.9 cm³/mol. The van der Waals surface area contributed by atoms with Crippen molar-refractivity contribution in [3.05, 3.63) is 0 Å². The van der Waals surface area contributed by atoms with Gasteiger partial charge in [0.15, 0.2) is 0 Å². The lowest BCUT2D eigenvalue weighted by Crippen LogP contribution is -2.29. The lowest BCUT2D eigenvalue weighted by Gasteiger charge is -2.15. The first-order valence-electron chi connectivity index (χ1n) is 3.51. The summed E-state index contributed by atoms with van der Waals surface area (Å²) in [6.07, 6.45) is 0.405. The van der Waals surface area contributed by atoms with E-state index in [0.29, 0.717) is 25.5 Å². The third-order valence-corrected chi connectivity index (χ3v) is 1.55. The van der Waals surface area contributed by atoms with Gasteiger partial charge in [-0.25, -0.2) is 0 Å². The molecule has 0 radical (unpaired) electrons. The zero-order valence-electron chi connectivity index (χ0n) is 6.97. The summed E-state index contributed by atoms with van der Waals surface area (Å²) in [7, 11) is 3.35. The van der Waals surface area contributed by atoms with Crippen LogP contribution in [0.4, 0.5) is 0 Å². The molecule has 0 aliphatic carbocycles. The molecule has 4 heteroatoms. The third kappa shape index (κ3) is 5.04. The van der Waals surface area contributed by atoms with Crippen molar-refractivity contribution in [3.8, 4) is 0 Å². The fourth-order valence-corrected chi connectivity index (χ4v) is 0.786. The van der Waals surface area contributed by atoms with Crippen LogP contribution in [-0.4, -0.2) is 44.0 Å². The lowest BCUT2D eigenvalue weighted by atomic mass is 10.4. The van der Waals surface area contributed by atoms with Crippen molar-refractivity contribution in [1.29, 1.82) is 0 Å². The summed E-state index contributed by atoms with van der Waals surface area (Å²) >= 11 is 5.40. The van der Waals surface area contributed by atoms with Crippen molar-refractivity contribution in [2.45, 2.75) is 6.42 Å². The highest BCUT2D eigenvalue weighted by molar-refractivity contribution is 6.18. The van der Waals surface area contributed by atoms with Gasteiger partial charge in [-0.15, -0.1) is 11.6 Å². The molecule has 0 aromatic rings. The molecule has 11 heavy (non-hydrogen) atoms. The van der Waals surface area contributed by atoms with E-state index in [4.69, 9.17) is 16.3 Å². The van der Waals surface area contributed by atoms with E-state index >= 15 is 0 Å². The minimum absolute atomic E-state index is 0.0667. The summed E-state index contributed by atoms with van der Waals surface area (Å²) in [6.45, 7) is 1.21. The Morgan fingerprint density at radius 1 is 1.64 bits per heavy atom. The van der Waals surface area contributed by atoms with Gasteiger partial charge in [-0.1, -0.05) is 0 Å². The third-order valence-electron chi connectivity index (χ3n) is 1.36. The van der Waals surface area contributed by atoms with Crippen LogP contribution in [0.15, 0.2) is 0 Å². The van der Waals surface area contributed by atoms with Crippen molar-refractivity contribution in [2.75, 3.05) is 33.2 Å². The largest absolute Gasteiger partial charge is 0.383 e. The molecule has 0 heterocycles. The zero-order chi connectivity index (χ0) is 8.69. The van der Waals surface area contributed by atoms with Crippen molar-refractivity contribution < 1.29 is 9.53 Å². The molecule has 0 unspecified atom stereocenters. The topological polar surface area (TPSA) is 29.5 Å². The molecule has 0 bridgehead atoms. The maximum atomic E-state index is 11.0. The van der Waals surface area contributed by atoms with Gasteiger partial charge in [0.2, 0.25) is 5.91 Å². The minimum atomic E-state index is 0.0667. The van der Waals surface area contributed by atoms with Crippen molar-refractivity contribution >= 4 is 17.5 Å². The molecule has 66 valence electrons. The van der Waals surface area contributed by atoms with E-state index in [1.54, 1.807) is 19.1 Å². The highest BCUT2D eigenvalue weighted by Crippen LogP contribution is 1.92. The van der Waals surface area contributed by atoms with Gasteiger partial charge < -0.3 is 9.64 Å². The van der Waals surface area contributed by atoms with Crippen molar-refractivity contribution in [2.24, 2.45) is 0 Å². The van der Waals surface area contributed by atoms with Crippen LogP contribution in [0, 0.1) is 0 Å². The zero-order valence-corrected chi connectivity index (χ0v) is 7.73. The molecule has 0 aromatic heterocycles. The smallest absolute Gasteiger partial charge is 0.223 e. The average Bonchev–Trinajstić information content (AvgIpc) is 2.00. The van der Waals surface area contributed by atoms with E-state index in [1.165, 1.54) is 0 Å². The van der Waals surface area contributed by atoms with Crippen LogP contribution < -0.4 is 0 Å². The van der Waals surface area contributed by atoms with Crippen LogP contribution in [0.25, 0.3) is 0 Å². The highest BCUT2D eigenvalue weighted by atomic mass is 35.5. The first-order chi connectivity index (χ1) is 5.22. The number of hydrogen-bond acceptors (Lipinski definition) is 2. The summed E-state index contributed by atoms with van der Waals surface area (Å²) in [5.74, 6) is 0.452. The van der Waals surface area contributed by atoms with Gasteiger partial charge in [0.25, 0.3) is 0 Å². The molecule has 0 aromatic carbocycles. The Morgan fingerprint density at radius 3 is 2.73 bits per heavy atom. The van der Waals surface area contributed by atoms with Crippen LogP contribution in [0.1, 0.15) is 6.42 Å². The van der Waals surface area contributed by atoms with Gasteiger partial charge in [-0.05, 0) is 0 Å². The predicted octanol–water partition coefficient (Wildman–Crippen LogP) is 0.720. The molecule has 0 atom stereocenters. The normalized spacial score (nSPS) is 9.73. The summed E-state index contributed by atoms with van der Waals surface area (Å²) in [5.41, 5.74) is 0. The van der Waals surface area contributed by atoms with Gasteiger partial charge in [0.05, 0.1) is 6.61 Å². The van der Waals surface area contributed by atoms with Gasteiger partial charge in [0.1, 0.15) is 0 Å². The molecule has 0 fully saturated rings. The van der Waals surface area contributed by atoms with Crippen molar-refractivity contribution in [3.63, 3.8) is 0 Å². The Bertz CT molecular complexity index is 119. The quantitative estimate of drug-likeness (QED) is 0.583. The molecule has 0 aliphatic heterocycles. The Balaban J connectivity index is 3.46. The van der Waals surface area contributed by atoms with E-state index in [9.17, 15) is 4.79 Å². The molecule has 0 N–H and O–H groups in total. The molecule has 0 saturated heterocycles. The Hall–Kier alpha value is -0.280. The maximum Gasteiger partial charge on any atom is 0.223 e. The summed E-state index contributed by atoms with van der Waals surface area (Å²) < 4.78 is 4.81. The number of alkyl halides is 1. The lowest BCUT2D eigenvalue weighted by molar-refractivity contribution is -0.130. The number of amides is 1. The number of hydrogen-bond donors (Lipinski definition) is 0. The highest BCUT2D eigenvalue weighted by Gasteiger charge is 2.05. The minimum Gasteiger partial charge on any atom is -0.383 e. The van der Waals surface area contributed by atoms with Crippen LogP contribution in [0.2, 0.25) is 0 Å². The van der Waals surface area contributed by atoms with Crippen molar-refractivity contribution in [1.82, 2.24) is 4.90 Å². The van der Waals surface area contributed by atoms with E-state index in [-0.39, 0.29) is 5.91 Å². The van der Waals surface area contributed by atoms with Gasteiger partial charge in [-0.3, -0.25) is 4.79 Å². The Kier molecular flexibility index (Phi) is 6.27. The molecule has 1 amide bonds. The second-order valence-electron chi connectivity index (χ2n) is 2.25. The number of nitrogens with zero attached hydrogens (tertiary/aromatic N) is 1. The standard InChI is InChI=1S/C7H14ClNO2/c1-9(5-6-11-2)7(10)3-4-8/h3-6H2,1-2H3. The molecule has 0 spiro atoms. The number of ether oxygens (including phenoxy) is 1. The monoisotopic (exact) mass is 179 g/mol. The average molecular weight is 180 g/mol. The summed E-state index contributed by atoms with van der Waals surface area (Å²) in [6, 6.07) is 0.